The fraction of sp³-hybridized carbons (Fsp3) is 0.562. The maximum atomic E-state index is 5.87. The average molecular weight is 285 g/mol. The zero-order valence-electron chi connectivity index (χ0n) is 12.6. The van der Waals surface area contributed by atoms with Crippen LogP contribution in [0.15, 0.2) is 24.3 Å². The molecule has 0 spiro atoms. The number of aromatic nitrogens is 4. The minimum atomic E-state index is 0.421. The van der Waals surface area contributed by atoms with E-state index in [0.717, 1.165) is 23.0 Å². The number of nitrogen functional groups attached to an aromatic ring is 1. The summed E-state index contributed by atoms with van der Waals surface area (Å²) in [5.41, 5.74) is 7.61. The number of nitrogens with two attached hydrogens (primary N) is 1. The number of nitrogens with zero attached hydrogens (tertiary/aromatic N) is 4. The molecule has 112 valence electrons. The van der Waals surface area contributed by atoms with E-state index in [2.05, 4.69) is 22.4 Å². The molecule has 0 aliphatic heterocycles. The van der Waals surface area contributed by atoms with Gasteiger partial charge in [-0.2, -0.15) is 0 Å². The second-order valence-electron chi connectivity index (χ2n) is 6.04. The van der Waals surface area contributed by atoms with Crippen molar-refractivity contribution in [3.05, 3.63) is 24.3 Å². The van der Waals surface area contributed by atoms with Crippen LogP contribution in [0.2, 0.25) is 0 Å². The van der Waals surface area contributed by atoms with Crippen LogP contribution in [0.4, 0.5) is 5.69 Å². The molecular weight excluding hydrogens is 262 g/mol. The summed E-state index contributed by atoms with van der Waals surface area (Å²) in [7, 11) is 0. The van der Waals surface area contributed by atoms with E-state index in [9.17, 15) is 0 Å². The summed E-state index contributed by atoms with van der Waals surface area (Å²) < 4.78 is 2.00. The Kier molecular flexibility index (Phi) is 4.18. The topological polar surface area (TPSA) is 69.6 Å². The molecule has 2 aromatic rings. The Labute approximate surface area is 125 Å². The molecule has 1 aliphatic carbocycles. The molecule has 5 heteroatoms. The summed E-state index contributed by atoms with van der Waals surface area (Å²) in [6.45, 7) is 2.27. The molecule has 1 aliphatic rings. The van der Waals surface area contributed by atoms with Crippen molar-refractivity contribution in [3.63, 3.8) is 0 Å². The highest BCUT2D eigenvalue weighted by molar-refractivity contribution is 5.60. The summed E-state index contributed by atoms with van der Waals surface area (Å²) in [5, 5.41) is 12.3. The van der Waals surface area contributed by atoms with E-state index in [0.29, 0.717) is 6.04 Å². The molecule has 5 nitrogen and oxygen atoms in total. The van der Waals surface area contributed by atoms with E-state index in [1.807, 2.05) is 28.9 Å². The Morgan fingerprint density at radius 3 is 2.76 bits per heavy atom. The molecule has 21 heavy (non-hydrogen) atoms. The molecule has 1 saturated carbocycles. The fourth-order valence-corrected chi connectivity index (χ4v) is 3.39. The second-order valence-corrected chi connectivity index (χ2v) is 6.04. The number of anilines is 1. The lowest BCUT2D eigenvalue weighted by Gasteiger charge is -2.28. The Balaban J connectivity index is 1.77. The van der Waals surface area contributed by atoms with E-state index in [4.69, 9.17) is 5.73 Å². The van der Waals surface area contributed by atoms with Crippen molar-refractivity contribution in [1.82, 2.24) is 20.2 Å². The maximum Gasteiger partial charge on any atom is 0.182 e. The monoisotopic (exact) mass is 285 g/mol. The van der Waals surface area contributed by atoms with Crippen LogP contribution in [0.3, 0.4) is 0 Å². The molecule has 1 aromatic heterocycles. The molecule has 0 amide bonds. The lowest BCUT2D eigenvalue weighted by Crippen LogP contribution is -2.20. The van der Waals surface area contributed by atoms with Crippen molar-refractivity contribution < 1.29 is 0 Å². The predicted molar refractivity (Wildman–Crippen MR) is 83.6 cm³/mol. The van der Waals surface area contributed by atoms with Crippen molar-refractivity contribution in [2.45, 2.75) is 51.5 Å². The van der Waals surface area contributed by atoms with Crippen molar-refractivity contribution in [1.29, 1.82) is 0 Å². The van der Waals surface area contributed by atoms with Crippen LogP contribution in [0.25, 0.3) is 11.4 Å². The van der Waals surface area contributed by atoms with Gasteiger partial charge < -0.3 is 5.73 Å². The fourth-order valence-electron chi connectivity index (χ4n) is 3.39. The molecule has 2 N–H and O–H groups in total. The maximum absolute atomic E-state index is 5.87. The Morgan fingerprint density at radius 1 is 1.24 bits per heavy atom. The van der Waals surface area contributed by atoms with Crippen LogP contribution >= 0.6 is 0 Å². The van der Waals surface area contributed by atoms with Gasteiger partial charge in [0, 0.05) is 11.3 Å². The first-order valence-corrected chi connectivity index (χ1v) is 7.91. The van der Waals surface area contributed by atoms with Gasteiger partial charge in [0.05, 0.1) is 6.04 Å². The van der Waals surface area contributed by atoms with Crippen LogP contribution < -0.4 is 5.73 Å². The Morgan fingerprint density at radius 2 is 2.05 bits per heavy atom. The zero-order chi connectivity index (χ0) is 14.7. The summed E-state index contributed by atoms with van der Waals surface area (Å²) in [4.78, 5) is 0. The van der Waals surface area contributed by atoms with Crippen molar-refractivity contribution in [2.24, 2.45) is 5.92 Å². The largest absolute Gasteiger partial charge is 0.399 e. The highest BCUT2D eigenvalue weighted by Gasteiger charge is 2.25. The lowest BCUT2D eigenvalue weighted by molar-refractivity contribution is 0.249. The summed E-state index contributed by atoms with van der Waals surface area (Å²) >= 11 is 0. The molecular formula is C16H23N5. The van der Waals surface area contributed by atoms with Crippen molar-refractivity contribution in [2.75, 3.05) is 5.73 Å². The zero-order valence-corrected chi connectivity index (χ0v) is 12.6. The van der Waals surface area contributed by atoms with Gasteiger partial charge >= 0.3 is 0 Å². The summed E-state index contributed by atoms with van der Waals surface area (Å²) in [6, 6.07) is 8.20. The molecule has 0 saturated heterocycles. The number of rotatable bonds is 4. The molecule has 3 rings (SSSR count). The quantitative estimate of drug-likeness (QED) is 0.873. The van der Waals surface area contributed by atoms with E-state index in [1.165, 1.54) is 38.5 Å². The van der Waals surface area contributed by atoms with E-state index >= 15 is 0 Å². The molecule has 0 radical (unpaired) electrons. The minimum absolute atomic E-state index is 0.421. The number of tetrazole rings is 1. The van der Waals surface area contributed by atoms with Crippen LogP contribution in [0.1, 0.15) is 51.5 Å². The van der Waals surface area contributed by atoms with Gasteiger partial charge in [-0.1, -0.05) is 31.9 Å². The summed E-state index contributed by atoms with van der Waals surface area (Å²) in [6.07, 6.45) is 7.55. The van der Waals surface area contributed by atoms with Crippen molar-refractivity contribution in [3.8, 4) is 11.4 Å². The Bertz CT molecular complexity index is 584. The van der Waals surface area contributed by atoms with Crippen LogP contribution in [-0.2, 0) is 0 Å². The minimum Gasteiger partial charge on any atom is -0.399 e. The van der Waals surface area contributed by atoms with Gasteiger partial charge in [0.15, 0.2) is 5.82 Å². The highest BCUT2D eigenvalue weighted by Crippen LogP contribution is 2.35. The molecule has 0 unspecified atom stereocenters. The summed E-state index contributed by atoms with van der Waals surface area (Å²) in [5.74, 6) is 1.72. The highest BCUT2D eigenvalue weighted by atomic mass is 15.5. The first-order chi connectivity index (χ1) is 10.3. The van der Waals surface area contributed by atoms with Gasteiger partial charge in [0.25, 0.3) is 0 Å². The van der Waals surface area contributed by atoms with E-state index in [-0.39, 0.29) is 0 Å². The molecule has 0 atom stereocenters. The molecule has 1 fully saturated rings. The van der Waals surface area contributed by atoms with Gasteiger partial charge in [0.1, 0.15) is 0 Å². The van der Waals surface area contributed by atoms with Gasteiger partial charge in [-0.05, 0) is 54.2 Å². The number of hydrogen-bond acceptors (Lipinski definition) is 4. The second kappa shape index (κ2) is 6.24. The third kappa shape index (κ3) is 3.06. The van der Waals surface area contributed by atoms with Crippen molar-refractivity contribution >= 4 is 5.69 Å². The third-order valence-corrected chi connectivity index (χ3v) is 4.50. The van der Waals surface area contributed by atoms with E-state index in [1.54, 1.807) is 0 Å². The predicted octanol–water partition coefficient (Wildman–Crippen LogP) is 3.45. The molecule has 0 bridgehead atoms. The first-order valence-electron chi connectivity index (χ1n) is 7.91. The van der Waals surface area contributed by atoms with Gasteiger partial charge in [-0.3, -0.25) is 0 Å². The molecule has 1 heterocycles. The lowest BCUT2D eigenvalue weighted by atomic mass is 9.83. The van der Waals surface area contributed by atoms with Crippen LogP contribution in [-0.4, -0.2) is 20.2 Å². The SMILES string of the molecule is CCCC1CCC(n2nnnc2-c2cccc(N)c2)CC1. The Hall–Kier alpha value is -1.91. The average Bonchev–Trinajstić information content (AvgIpc) is 2.98. The van der Waals surface area contributed by atoms with Crippen LogP contribution in [0, 0.1) is 5.92 Å². The third-order valence-electron chi connectivity index (χ3n) is 4.50. The van der Waals surface area contributed by atoms with Gasteiger partial charge in [0.2, 0.25) is 0 Å². The van der Waals surface area contributed by atoms with Crippen LogP contribution in [0.5, 0.6) is 0 Å². The first kappa shape index (κ1) is 14.0. The number of benzene rings is 1. The smallest absolute Gasteiger partial charge is 0.182 e. The van der Waals surface area contributed by atoms with Gasteiger partial charge in [-0.25, -0.2) is 4.68 Å². The number of hydrogen-bond donors (Lipinski definition) is 1. The normalized spacial score (nSPS) is 22.3. The standard InChI is InChI=1S/C16H23N5/c1-2-4-12-7-9-15(10-8-12)21-16(18-19-20-21)13-5-3-6-14(17)11-13/h3,5-6,11-12,15H,2,4,7-10,17H2,1H3. The van der Waals surface area contributed by atoms with E-state index < -0.39 is 0 Å². The molecule has 1 aromatic carbocycles. The van der Waals surface area contributed by atoms with Gasteiger partial charge in [-0.15, -0.1) is 5.10 Å².